The monoisotopic (exact) mass is 420 g/mol. The van der Waals surface area contributed by atoms with Crippen molar-refractivity contribution in [1.82, 2.24) is 0 Å². The third kappa shape index (κ3) is 4.63. The number of ketones is 1. The highest BCUT2D eigenvalue weighted by atomic mass is 16.6. The first-order chi connectivity index (χ1) is 14.7. The van der Waals surface area contributed by atoms with E-state index in [2.05, 4.69) is 0 Å². The molecule has 31 heavy (non-hydrogen) atoms. The summed E-state index contributed by atoms with van der Waals surface area (Å²) in [6, 6.07) is 12.6. The van der Waals surface area contributed by atoms with E-state index in [1.54, 1.807) is 45.0 Å². The number of esters is 1. The molecule has 0 N–H and O–H groups in total. The van der Waals surface area contributed by atoms with E-state index in [9.17, 15) is 9.59 Å². The van der Waals surface area contributed by atoms with Crippen LogP contribution in [0.25, 0.3) is 6.08 Å². The van der Waals surface area contributed by atoms with E-state index in [1.807, 2.05) is 37.3 Å². The van der Waals surface area contributed by atoms with E-state index >= 15 is 0 Å². The molecule has 0 spiro atoms. The van der Waals surface area contributed by atoms with Gasteiger partial charge in [0.2, 0.25) is 5.78 Å². The number of Topliss-reactive ketones (excluding diaryl/α,β-unsaturated/α-hetero) is 1. The van der Waals surface area contributed by atoms with Gasteiger partial charge < -0.3 is 18.9 Å². The second kappa shape index (κ2) is 7.95. The molecule has 0 saturated heterocycles. The average molecular weight is 420 g/mol. The van der Waals surface area contributed by atoms with Gasteiger partial charge in [0.15, 0.2) is 12.4 Å². The molecule has 0 saturated carbocycles. The molecule has 6 nitrogen and oxygen atoms in total. The minimum absolute atomic E-state index is 0.208. The summed E-state index contributed by atoms with van der Waals surface area (Å²) < 4.78 is 22.5. The molecule has 1 atom stereocenters. The molecule has 6 heteroatoms. The molecule has 160 valence electrons. The number of allylic oxidation sites excluding steroid dienone is 1. The van der Waals surface area contributed by atoms with E-state index in [0.717, 1.165) is 16.9 Å². The van der Waals surface area contributed by atoms with E-state index < -0.39 is 11.6 Å². The zero-order valence-corrected chi connectivity index (χ0v) is 17.9. The summed E-state index contributed by atoms with van der Waals surface area (Å²) in [7, 11) is 0. The molecule has 2 aromatic carbocycles. The van der Waals surface area contributed by atoms with E-state index in [-0.39, 0.29) is 24.3 Å². The summed E-state index contributed by atoms with van der Waals surface area (Å²) in [6.07, 6.45) is 3.49. The zero-order chi connectivity index (χ0) is 22.2. The highest BCUT2D eigenvalue weighted by Gasteiger charge is 2.29. The molecule has 2 heterocycles. The number of hydrogen-bond donors (Lipinski definition) is 0. The fourth-order valence-electron chi connectivity index (χ4n) is 3.34. The minimum Gasteiger partial charge on any atom is -0.485 e. The van der Waals surface area contributed by atoms with Crippen LogP contribution < -0.4 is 14.2 Å². The quantitative estimate of drug-likeness (QED) is 0.526. The predicted octanol–water partition coefficient (Wildman–Crippen LogP) is 4.73. The topological polar surface area (TPSA) is 71.1 Å². The number of hydrogen-bond acceptors (Lipinski definition) is 6. The fourth-order valence-corrected chi connectivity index (χ4v) is 3.34. The van der Waals surface area contributed by atoms with E-state index in [1.165, 1.54) is 0 Å². The molecule has 0 fully saturated rings. The molecule has 0 bridgehead atoms. The Hall–Kier alpha value is -3.54. The van der Waals surface area contributed by atoms with Gasteiger partial charge in [-0.25, -0.2) is 4.79 Å². The Morgan fingerprint density at radius 3 is 2.68 bits per heavy atom. The first-order valence-corrected chi connectivity index (χ1v) is 10.1. The van der Waals surface area contributed by atoms with Crippen LogP contribution >= 0.6 is 0 Å². The fraction of sp³-hybridized carbons (Fsp3) is 0.280. The van der Waals surface area contributed by atoms with Gasteiger partial charge in [0.05, 0.1) is 5.56 Å². The summed E-state index contributed by atoms with van der Waals surface area (Å²) >= 11 is 0. The average Bonchev–Trinajstić information content (AvgIpc) is 3.00. The van der Waals surface area contributed by atoms with Crippen LogP contribution in [0.2, 0.25) is 0 Å². The Morgan fingerprint density at radius 1 is 1.13 bits per heavy atom. The maximum atomic E-state index is 12.8. The molecular formula is C25H24O6. The lowest BCUT2D eigenvalue weighted by Crippen LogP contribution is -2.27. The minimum atomic E-state index is -0.581. The van der Waals surface area contributed by atoms with Crippen LogP contribution in [0.3, 0.4) is 0 Å². The Balaban J connectivity index is 1.49. The van der Waals surface area contributed by atoms with Crippen molar-refractivity contribution in [3.63, 3.8) is 0 Å². The molecule has 0 amide bonds. The third-order valence-electron chi connectivity index (χ3n) is 4.73. The maximum absolute atomic E-state index is 12.8. The SMILES string of the molecule is C[C@@H]1Oc2ccccc2C=C1/C=C1/Oc2cc(OCC(=O)OC(C)(C)C)ccc2C1=O. The largest absolute Gasteiger partial charge is 0.485 e. The third-order valence-corrected chi connectivity index (χ3v) is 4.73. The molecule has 2 aliphatic rings. The second-order valence-electron chi connectivity index (χ2n) is 8.42. The van der Waals surface area contributed by atoms with Gasteiger partial charge in [-0.1, -0.05) is 18.2 Å². The molecule has 4 rings (SSSR count). The van der Waals surface area contributed by atoms with Crippen LogP contribution in [-0.2, 0) is 9.53 Å². The van der Waals surface area contributed by atoms with Gasteiger partial charge >= 0.3 is 5.97 Å². The zero-order valence-electron chi connectivity index (χ0n) is 17.9. The van der Waals surface area contributed by atoms with Crippen LogP contribution in [0, 0.1) is 0 Å². The van der Waals surface area contributed by atoms with Gasteiger partial charge in [-0.2, -0.15) is 0 Å². The number of rotatable bonds is 4. The first-order valence-electron chi connectivity index (χ1n) is 10.1. The number of carbonyl (C=O) groups excluding carboxylic acids is 2. The normalized spacial score (nSPS) is 18.5. The van der Waals surface area contributed by atoms with Crippen molar-refractivity contribution in [2.45, 2.75) is 39.4 Å². The number of ether oxygens (including phenoxy) is 4. The first kappa shape index (κ1) is 20.7. The summed E-state index contributed by atoms with van der Waals surface area (Å²) in [6.45, 7) is 7.07. The van der Waals surface area contributed by atoms with Gasteiger partial charge in [-0.3, -0.25) is 4.79 Å². The smallest absolute Gasteiger partial charge is 0.344 e. The Kier molecular flexibility index (Phi) is 5.31. The van der Waals surface area contributed by atoms with Crippen LogP contribution in [0.4, 0.5) is 0 Å². The molecule has 0 unspecified atom stereocenters. The van der Waals surface area contributed by atoms with E-state index in [4.69, 9.17) is 18.9 Å². The Morgan fingerprint density at radius 2 is 1.90 bits per heavy atom. The van der Waals surface area contributed by atoms with Crippen LogP contribution in [0.1, 0.15) is 43.6 Å². The summed E-state index contributed by atoms with van der Waals surface area (Å²) in [5.74, 6) is 1.17. The van der Waals surface area contributed by atoms with Crippen molar-refractivity contribution >= 4 is 17.8 Å². The van der Waals surface area contributed by atoms with Crippen LogP contribution in [0.5, 0.6) is 17.2 Å². The summed E-state index contributed by atoms with van der Waals surface area (Å²) in [5, 5.41) is 0. The number of benzene rings is 2. The lowest BCUT2D eigenvalue weighted by atomic mass is 10.0. The van der Waals surface area contributed by atoms with Crippen LogP contribution in [-0.4, -0.2) is 30.1 Å². The lowest BCUT2D eigenvalue weighted by Gasteiger charge is -2.22. The molecule has 0 radical (unpaired) electrons. The summed E-state index contributed by atoms with van der Waals surface area (Å²) in [4.78, 5) is 24.6. The Labute approximate surface area is 181 Å². The predicted molar refractivity (Wildman–Crippen MR) is 115 cm³/mol. The molecular weight excluding hydrogens is 396 g/mol. The van der Waals surface area contributed by atoms with Crippen LogP contribution in [0.15, 0.2) is 59.9 Å². The Bertz CT molecular complexity index is 1100. The summed E-state index contributed by atoms with van der Waals surface area (Å²) in [5.41, 5.74) is 1.66. The molecule has 0 aliphatic carbocycles. The van der Waals surface area contributed by atoms with Crippen molar-refractivity contribution in [3.8, 4) is 17.2 Å². The lowest BCUT2D eigenvalue weighted by molar-refractivity contribution is -0.157. The molecule has 2 aromatic rings. The highest BCUT2D eigenvalue weighted by molar-refractivity contribution is 6.12. The van der Waals surface area contributed by atoms with Crippen molar-refractivity contribution in [2.75, 3.05) is 6.61 Å². The van der Waals surface area contributed by atoms with Gasteiger partial charge in [0, 0.05) is 11.6 Å². The van der Waals surface area contributed by atoms with Crippen molar-refractivity contribution < 1.29 is 28.5 Å². The highest BCUT2D eigenvalue weighted by Crippen LogP contribution is 2.36. The van der Waals surface area contributed by atoms with Gasteiger partial charge in [0.25, 0.3) is 0 Å². The standard InChI is InChI=1S/C25H24O6/c1-15-17(11-16-7-5-6-8-20(16)29-15)12-22-24(27)19-10-9-18(13-21(19)30-22)28-14-23(26)31-25(2,3)4/h5-13,15H,14H2,1-4H3/b22-12+/t15-/m0/s1. The number of fused-ring (bicyclic) bond motifs is 2. The van der Waals surface area contributed by atoms with Gasteiger partial charge in [-0.15, -0.1) is 0 Å². The molecule has 2 aliphatic heterocycles. The van der Waals surface area contributed by atoms with Crippen molar-refractivity contribution in [2.24, 2.45) is 0 Å². The molecule has 0 aromatic heterocycles. The second-order valence-corrected chi connectivity index (χ2v) is 8.42. The van der Waals surface area contributed by atoms with Crippen molar-refractivity contribution in [3.05, 3.63) is 71.0 Å². The number of carbonyl (C=O) groups is 2. The van der Waals surface area contributed by atoms with Gasteiger partial charge in [-0.05, 0) is 63.6 Å². The number of para-hydroxylation sites is 1. The van der Waals surface area contributed by atoms with Gasteiger partial charge in [0.1, 0.15) is 29.0 Å². The van der Waals surface area contributed by atoms with E-state index in [0.29, 0.717) is 17.1 Å². The maximum Gasteiger partial charge on any atom is 0.344 e. The van der Waals surface area contributed by atoms with Crippen molar-refractivity contribution in [1.29, 1.82) is 0 Å².